The Morgan fingerprint density at radius 2 is 1.12 bits per heavy atom. The molecule has 0 fully saturated rings. The number of rotatable bonds is 5. The van der Waals surface area contributed by atoms with E-state index in [1.807, 2.05) is 45.0 Å². The molecule has 2 aliphatic heterocycles. The molecule has 52 heavy (non-hydrogen) atoms. The van der Waals surface area contributed by atoms with E-state index in [1.54, 1.807) is 0 Å². The molecule has 2 aromatic carbocycles. The van der Waals surface area contributed by atoms with E-state index >= 15 is 0 Å². The van der Waals surface area contributed by atoms with Crippen molar-refractivity contribution in [3.05, 3.63) is 80.4 Å². The Morgan fingerprint density at radius 3 is 1.58 bits per heavy atom. The molecule has 4 aromatic rings. The Labute approximate surface area is 319 Å². The smallest absolute Gasteiger partial charge is 0.338 e. The summed E-state index contributed by atoms with van der Waals surface area (Å²) in [4.78, 5) is 43.6. The maximum absolute atomic E-state index is 12.0. The number of fused-ring (bicyclic) bond motifs is 2. The van der Waals surface area contributed by atoms with Gasteiger partial charge >= 0.3 is 11.9 Å². The molecule has 0 bridgehead atoms. The lowest BCUT2D eigenvalue weighted by atomic mass is 9.99. The van der Waals surface area contributed by atoms with Gasteiger partial charge in [0, 0.05) is 85.2 Å². The van der Waals surface area contributed by atoms with Gasteiger partial charge in [-0.1, -0.05) is 49.3 Å². The minimum absolute atomic E-state index is 0. The molecule has 4 heterocycles. The average Bonchev–Trinajstić information content (AvgIpc) is 3.52. The molecule has 6 rings (SSSR count). The van der Waals surface area contributed by atoms with Crippen molar-refractivity contribution in [1.29, 1.82) is 0 Å². The van der Waals surface area contributed by atoms with Crippen molar-refractivity contribution in [3.8, 4) is 22.8 Å². The van der Waals surface area contributed by atoms with Crippen LogP contribution in [0.25, 0.3) is 22.8 Å². The lowest BCUT2D eigenvalue weighted by Gasteiger charge is -2.23. The number of aryl methyl sites for hydroxylation is 4. The molecule has 284 valence electrons. The number of carbonyl (C=O) groups excluding carboxylic acids is 2. The molecule has 0 unspecified atom stereocenters. The molecule has 0 spiro atoms. The summed E-state index contributed by atoms with van der Waals surface area (Å²) < 4.78 is 9.77. The SMILES string of the molecule is C.CC(C)Br.COC(=O)c1cc(-c2nc3c([nH]2)CCN(C(C)C)CC3)c(C)cc1C.COC(=O)c1cc(-c2nc3c([nH]2)CCNCC3)c(C)cc1C. The van der Waals surface area contributed by atoms with Crippen LogP contribution >= 0.6 is 15.9 Å². The van der Waals surface area contributed by atoms with E-state index in [1.165, 1.54) is 25.6 Å². The van der Waals surface area contributed by atoms with Crippen molar-refractivity contribution in [1.82, 2.24) is 30.2 Å². The van der Waals surface area contributed by atoms with Gasteiger partial charge in [-0.2, -0.15) is 0 Å². The second kappa shape index (κ2) is 19.3. The highest BCUT2D eigenvalue weighted by Crippen LogP contribution is 2.29. The highest BCUT2D eigenvalue weighted by Gasteiger charge is 2.22. The van der Waals surface area contributed by atoms with Gasteiger partial charge in [0.1, 0.15) is 11.6 Å². The normalized spacial score (nSPS) is 14.0. The summed E-state index contributed by atoms with van der Waals surface area (Å²) in [6.07, 6.45) is 3.83. The minimum atomic E-state index is -0.309. The summed E-state index contributed by atoms with van der Waals surface area (Å²) in [5, 5.41) is 3.37. The summed E-state index contributed by atoms with van der Waals surface area (Å²) >= 11 is 3.27. The van der Waals surface area contributed by atoms with Crippen molar-refractivity contribution in [2.24, 2.45) is 0 Å². The maximum atomic E-state index is 12.0. The fraction of sp³-hybridized carbons (Fsp3) is 0.512. The third-order valence-electron chi connectivity index (χ3n) is 9.30. The highest BCUT2D eigenvalue weighted by molar-refractivity contribution is 9.09. The molecule has 11 heteroatoms. The van der Waals surface area contributed by atoms with Gasteiger partial charge < -0.3 is 29.7 Å². The lowest BCUT2D eigenvalue weighted by Crippen LogP contribution is -2.33. The predicted molar refractivity (Wildman–Crippen MR) is 215 cm³/mol. The molecule has 0 aliphatic carbocycles. The molecule has 2 aliphatic rings. The van der Waals surface area contributed by atoms with Gasteiger partial charge in [0.15, 0.2) is 0 Å². The van der Waals surface area contributed by atoms with Gasteiger partial charge in [-0.05, 0) is 75.9 Å². The number of hydrogen-bond acceptors (Lipinski definition) is 8. The number of esters is 2. The van der Waals surface area contributed by atoms with E-state index < -0.39 is 0 Å². The lowest BCUT2D eigenvalue weighted by molar-refractivity contribution is 0.0591. The Kier molecular flexibility index (Phi) is 15.8. The summed E-state index contributed by atoms with van der Waals surface area (Å²) in [5.41, 5.74) is 11.9. The van der Waals surface area contributed by atoms with Crippen LogP contribution in [0.5, 0.6) is 0 Å². The number of halogens is 1. The topological polar surface area (TPSA) is 125 Å². The largest absolute Gasteiger partial charge is 0.465 e. The number of alkyl halides is 1. The number of imidazole rings is 2. The van der Waals surface area contributed by atoms with Crippen molar-refractivity contribution in [2.75, 3.05) is 40.4 Å². The van der Waals surface area contributed by atoms with E-state index in [0.717, 1.165) is 108 Å². The van der Waals surface area contributed by atoms with E-state index in [2.05, 4.69) is 70.7 Å². The van der Waals surface area contributed by atoms with Gasteiger partial charge in [-0.15, -0.1) is 0 Å². The van der Waals surface area contributed by atoms with Crippen LogP contribution < -0.4 is 5.32 Å². The third-order valence-corrected chi connectivity index (χ3v) is 9.30. The van der Waals surface area contributed by atoms with E-state index in [0.29, 0.717) is 22.0 Å². The molecular weight excluding hydrogens is 720 g/mol. The number of nitrogens with zero attached hydrogens (tertiary/aromatic N) is 3. The Bertz CT molecular complexity index is 1770. The predicted octanol–water partition coefficient (Wildman–Crippen LogP) is 7.88. The maximum Gasteiger partial charge on any atom is 0.338 e. The second-order valence-corrected chi connectivity index (χ2v) is 15.7. The molecule has 0 saturated carbocycles. The molecule has 0 amide bonds. The van der Waals surface area contributed by atoms with E-state index in [9.17, 15) is 9.59 Å². The number of aromatic amines is 2. The molecule has 2 aromatic heterocycles. The van der Waals surface area contributed by atoms with Gasteiger partial charge in [-0.3, -0.25) is 0 Å². The van der Waals surface area contributed by atoms with E-state index in [4.69, 9.17) is 19.4 Å². The number of H-pyrrole nitrogens is 2. The zero-order valence-electron chi connectivity index (χ0n) is 32.0. The number of benzene rings is 2. The standard InChI is InChI=1S/C20H27N3O2.C17H21N3O2.C3H7Br.CH4/c1-12(2)23-8-6-17-18(7-9-23)22-19(21-17)15-11-16(20(24)25-5)14(4)10-13(15)3;1-10-8-11(2)13(17(21)22-3)9-12(10)16-19-14-4-6-18-7-5-15(14)20-16;1-3(2)4;/h10-12H,6-9H2,1-5H3,(H,21,22);8-9,18H,4-7H2,1-3H3,(H,19,20);3H,1-2H3;1H4. The summed E-state index contributed by atoms with van der Waals surface area (Å²) in [6.45, 7) is 20.6. The van der Waals surface area contributed by atoms with Crippen molar-refractivity contribution in [3.63, 3.8) is 0 Å². The first-order valence-corrected chi connectivity index (χ1v) is 18.8. The van der Waals surface area contributed by atoms with Crippen molar-refractivity contribution >= 4 is 27.9 Å². The number of aromatic nitrogens is 4. The minimum Gasteiger partial charge on any atom is -0.465 e. The van der Waals surface area contributed by atoms with Gasteiger partial charge in [0.05, 0.1) is 36.7 Å². The number of ether oxygens (including phenoxy) is 2. The molecule has 3 N–H and O–H groups in total. The number of methoxy groups -OCH3 is 2. The quantitative estimate of drug-likeness (QED) is 0.138. The molecule has 0 saturated heterocycles. The summed E-state index contributed by atoms with van der Waals surface area (Å²) in [6, 6.07) is 8.37. The molecule has 0 atom stereocenters. The van der Waals surface area contributed by atoms with Crippen LogP contribution in [-0.2, 0) is 35.2 Å². The monoisotopic (exact) mass is 778 g/mol. The zero-order valence-corrected chi connectivity index (χ0v) is 33.6. The zero-order chi connectivity index (χ0) is 37.4. The first-order chi connectivity index (χ1) is 24.2. The van der Waals surface area contributed by atoms with Crippen LogP contribution in [-0.4, -0.2) is 88.0 Å². The first-order valence-electron chi connectivity index (χ1n) is 17.9. The molecule has 10 nitrogen and oxygen atoms in total. The second-order valence-electron chi connectivity index (χ2n) is 13.9. The van der Waals surface area contributed by atoms with E-state index in [-0.39, 0.29) is 19.4 Å². The Hall–Kier alpha value is -3.80. The van der Waals surface area contributed by atoms with Crippen LogP contribution in [0.1, 0.15) is 101 Å². The molecule has 0 radical (unpaired) electrons. The van der Waals surface area contributed by atoms with Gasteiger partial charge in [-0.25, -0.2) is 19.6 Å². The number of nitrogens with one attached hydrogen (secondary N) is 3. The average molecular weight is 780 g/mol. The highest BCUT2D eigenvalue weighted by atomic mass is 79.9. The summed E-state index contributed by atoms with van der Waals surface area (Å²) in [5.74, 6) is 1.08. The van der Waals surface area contributed by atoms with Crippen molar-refractivity contribution in [2.45, 2.75) is 99.4 Å². The Balaban J connectivity index is 0.000000251. The fourth-order valence-electron chi connectivity index (χ4n) is 6.53. The number of carbonyl (C=O) groups is 2. The third kappa shape index (κ3) is 10.6. The Morgan fingerprint density at radius 1 is 0.692 bits per heavy atom. The summed E-state index contributed by atoms with van der Waals surface area (Å²) in [7, 11) is 2.82. The fourth-order valence-corrected chi connectivity index (χ4v) is 6.53. The molecular formula is C41H59BrN6O4. The van der Waals surface area contributed by atoms with Gasteiger partial charge in [0.2, 0.25) is 0 Å². The van der Waals surface area contributed by atoms with Crippen LogP contribution in [0, 0.1) is 27.7 Å². The number of hydrogen-bond donors (Lipinski definition) is 3. The van der Waals surface area contributed by atoms with Crippen LogP contribution in [0.3, 0.4) is 0 Å². The van der Waals surface area contributed by atoms with Gasteiger partial charge in [0.25, 0.3) is 0 Å². The van der Waals surface area contributed by atoms with Crippen LogP contribution in [0.2, 0.25) is 0 Å². The van der Waals surface area contributed by atoms with Crippen LogP contribution in [0.4, 0.5) is 0 Å². The first kappa shape index (κ1) is 42.6. The van der Waals surface area contributed by atoms with Crippen LogP contribution in [0.15, 0.2) is 24.3 Å². The van der Waals surface area contributed by atoms with Crippen molar-refractivity contribution < 1.29 is 19.1 Å².